The molecule has 1 aromatic carbocycles. The Hall–Kier alpha value is -2.89. The molecule has 0 radical (unpaired) electrons. The van der Waals surface area contributed by atoms with E-state index >= 15 is 0 Å². The van der Waals surface area contributed by atoms with Gasteiger partial charge in [-0.25, -0.2) is 4.79 Å². The minimum absolute atomic E-state index is 0.00850. The molecule has 1 aromatic heterocycles. The maximum absolute atomic E-state index is 12.9. The highest BCUT2D eigenvalue weighted by atomic mass is 16.5. The van der Waals surface area contributed by atoms with Crippen molar-refractivity contribution < 1.29 is 19.1 Å². The van der Waals surface area contributed by atoms with Crippen molar-refractivity contribution in [3.63, 3.8) is 0 Å². The van der Waals surface area contributed by atoms with Gasteiger partial charge in [-0.05, 0) is 74.8 Å². The molecule has 2 aliphatic carbocycles. The molecule has 6 heteroatoms. The molecule has 3 atom stereocenters. The van der Waals surface area contributed by atoms with Crippen LogP contribution >= 0.6 is 0 Å². The normalized spacial score (nSPS) is 21.6. The lowest BCUT2D eigenvalue weighted by Crippen LogP contribution is -2.31. The van der Waals surface area contributed by atoms with E-state index in [0.29, 0.717) is 17.4 Å². The van der Waals surface area contributed by atoms with Gasteiger partial charge in [0.05, 0.1) is 31.5 Å². The van der Waals surface area contributed by atoms with Gasteiger partial charge in [-0.3, -0.25) is 9.78 Å². The van der Waals surface area contributed by atoms with E-state index in [0.717, 1.165) is 42.9 Å². The Balaban J connectivity index is 1.25. The number of hydrogen-bond acceptors (Lipinski definition) is 5. The first-order valence-corrected chi connectivity index (χ1v) is 12.6. The van der Waals surface area contributed by atoms with Gasteiger partial charge in [-0.2, -0.15) is 0 Å². The first-order chi connectivity index (χ1) is 16.5. The Labute approximate surface area is 202 Å². The molecule has 182 valence electrons. The average molecular weight is 465 g/mol. The molecule has 0 saturated heterocycles. The van der Waals surface area contributed by atoms with E-state index in [2.05, 4.69) is 16.4 Å². The minimum atomic E-state index is -0.363. The zero-order valence-electron chi connectivity index (χ0n) is 20.3. The van der Waals surface area contributed by atoms with Crippen LogP contribution in [0, 0.1) is 11.8 Å². The van der Waals surface area contributed by atoms with Crippen LogP contribution in [0.1, 0.15) is 91.9 Å². The number of pyridine rings is 1. The molecule has 2 aromatic rings. The maximum atomic E-state index is 12.9. The molecule has 0 spiro atoms. The van der Waals surface area contributed by atoms with Gasteiger partial charge < -0.3 is 14.8 Å². The highest BCUT2D eigenvalue weighted by molar-refractivity contribution is 5.89. The zero-order valence-corrected chi connectivity index (χ0v) is 20.3. The van der Waals surface area contributed by atoms with E-state index in [1.54, 1.807) is 12.1 Å². The molecule has 2 saturated carbocycles. The van der Waals surface area contributed by atoms with Crippen LogP contribution in [0.5, 0.6) is 5.75 Å². The summed E-state index contributed by atoms with van der Waals surface area (Å²) in [6.45, 7) is 2.75. The summed E-state index contributed by atoms with van der Waals surface area (Å²) in [4.78, 5) is 29.2. The van der Waals surface area contributed by atoms with Crippen molar-refractivity contribution in [1.82, 2.24) is 10.3 Å². The second-order valence-electron chi connectivity index (χ2n) is 9.78. The molecule has 1 amide bonds. The van der Waals surface area contributed by atoms with Gasteiger partial charge in [0, 0.05) is 17.5 Å². The van der Waals surface area contributed by atoms with Crippen LogP contribution in [-0.4, -0.2) is 30.6 Å². The molecule has 1 heterocycles. The number of esters is 1. The molecule has 2 fully saturated rings. The van der Waals surface area contributed by atoms with E-state index in [1.807, 2.05) is 31.3 Å². The predicted molar refractivity (Wildman–Crippen MR) is 131 cm³/mol. The molecular formula is C28H36N2O4. The summed E-state index contributed by atoms with van der Waals surface area (Å²) >= 11 is 0. The molecule has 1 N–H and O–H groups in total. The standard InChI is InChI=1S/C28H36N2O4/c1-19(21-8-10-22(11-9-21)28(32)33-2)30-27(31)24-13-12-23(16-24)26-15-14-25(17-29-26)34-18-20-6-4-3-5-7-20/h8-11,14-15,17,19-20,23-24H,3-7,12-13,16,18H2,1-2H3,(H,30,31). The molecule has 2 aliphatic rings. The summed E-state index contributed by atoms with van der Waals surface area (Å²) in [7, 11) is 1.36. The molecule has 3 unspecified atom stereocenters. The van der Waals surface area contributed by atoms with Crippen molar-refractivity contribution in [3.05, 3.63) is 59.4 Å². The van der Waals surface area contributed by atoms with Gasteiger partial charge in [0.15, 0.2) is 0 Å². The van der Waals surface area contributed by atoms with Crippen LogP contribution in [0.15, 0.2) is 42.6 Å². The number of rotatable bonds is 8. The number of ether oxygens (including phenoxy) is 2. The highest BCUT2D eigenvalue weighted by Crippen LogP contribution is 2.38. The summed E-state index contributed by atoms with van der Waals surface area (Å²) in [5.74, 6) is 1.53. The Kier molecular flexibility index (Phi) is 8.20. The summed E-state index contributed by atoms with van der Waals surface area (Å²) < 4.78 is 10.7. The Morgan fingerprint density at radius 3 is 2.47 bits per heavy atom. The van der Waals surface area contributed by atoms with E-state index in [-0.39, 0.29) is 23.8 Å². The van der Waals surface area contributed by atoms with Crippen LogP contribution in [0.3, 0.4) is 0 Å². The number of methoxy groups -OCH3 is 1. The van der Waals surface area contributed by atoms with E-state index < -0.39 is 0 Å². The molecule has 4 rings (SSSR count). The van der Waals surface area contributed by atoms with Crippen molar-refractivity contribution in [2.75, 3.05) is 13.7 Å². The average Bonchev–Trinajstić information content (AvgIpc) is 3.38. The van der Waals surface area contributed by atoms with Gasteiger partial charge in [0.25, 0.3) is 0 Å². The number of amides is 1. The van der Waals surface area contributed by atoms with E-state index in [1.165, 1.54) is 39.2 Å². The van der Waals surface area contributed by atoms with Crippen LogP contribution in [0.4, 0.5) is 0 Å². The van der Waals surface area contributed by atoms with Crippen LogP contribution < -0.4 is 10.1 Å². The second kappa shape index (κ2) is 11.5. The Bertz CT molecular complexity index is 951. The summed E-state index contributed by atoms with van der Waals surface area (Å²) in [6, 6.07) is 11.1. The van der Waals surface area contributed by atoms with Crippen LogP contribution in [0.2, 0.25) is 0 Å². The number of carbonyl (C=O) groups is 2. The van der Waals surface area contributed by atoms with Crippen molar-refractivity contribution in [3.8, 4) is 5.75 Å². The molecular weight excluding hydrogens is 428 g/mol. The molecule has 6 nitrogen and oxygen atoms in total. The molecule has 34 heavy (non-hydrogen) atoms. The van der Waals surface area contributed by atoms with Crippen molar-refractivity contribution in [1.29, 1.82) is 0 Å². The Morgan fingerprint density at radius 1 is 1.03 bits per heavy atom. The first-order valence-electron chi connectivity index (χ1n) is 12.6. The lowest BCUT2D eigenvalue weighted by atomic mass is 9.90. The quantitative estimate of drug-likeness (QED) is 0.516. The molecule has 0 aliphatic heterocycles. The number of benzene rings is 1. The lowest BCUT2D eigenvalue weighted by molar-refractivity contribution is -0.125. The maximum Gasteiger partial charge on any atom is 0.337 e. The van der Waals surface area contributed by atoms with Crippen molar-refractivity contribution in [2.45, 2.75) is 70.3 Å². The predicted octanol–water partition coefficient (Wildman–Crippen LogP) is 5.59. The topological polar surface area (TPSA) is 77.5 Å². The zero-order chi connectivity index (χ0) is 23.9. The fourth-order valence-electron chi connectivity index (χ4n) is 5.22. The molecule has 0 bridgehead atoms. The largest absolute Gasteiger partial charge is 0.492 e. The number of hydrogen-bond donors (Lipinski definition) is 1. The SMILES string of the molecule is COC(=O)c1ccc(C(C)NC(=O)C2CCC(c3ccc(OCC4CCCCC4)cn3)C2)cc1. The minimum Gasteiger partial charge on any atom is -0.492 e. The highest BCUT2D eigenvalue weighted by Gasteiger charge is 2.32. The smallest absolute Gasteiger partial charge is 0.337 e. The number of aromatic nitrogens is 1. The van der Waals surface area contributed by atoms with E-state index in [9.17, 15) is 9.59 Å². The van der Waals surface area contributed by atoms with Crippen LogP contribution in [0.25, 0.3) is 0 Å². The van der Waals surface area contributed by atoms with Crippen molar-refractivity contribution in [2.24, 2.45) is 11.8 Å². The third kappa shape index (κ3) is 6.16. The first kappa shape index (κ1) is 24.2. The summed E-state index contributed by atoms with van der Waals surface area (Å²) in [6.07, 6.45) is 11.0. The van der Waals surface area contributed by atoms with Gasteiger partial charge in [0.2, 0.25) is 5.91 Å². The fraction of sp³-hybridized carbons (Fsp3) is 0.536. The lowest BCUT2D eigenvalue weighted by Gasteiger charge is -2.21. The number of nitrogens with one attached hydrogen (secondary N) is 1. The van der Waals surface area contributed by atoms with Gasteiger partial charge in [-0.15, -0.1) is 0 Å². The summed E-state index contributed by atoms with van der Waals surface area (Å²) in [5, 5.41) is 3.13. The third-order valence-corrected chi connectivity index (χ3v) is 7.38. The van der Waals surface area contributed by atoms with Crippen molar-refractivity contribution >= 4 is 11.9 Å². The van der Waals surface area contributed by atoms with Gasteiger partial charge >= 0.3 is 5.97 Å². The van der Waals surface area contributed by atoms with Crippen LogP contribution in [-0.2, 0) is 9.53 Å². The fourth-order valence-corrected chi connectivity index (χ4v) is 5.22. The van der Waals surface area contributed by atoms with Gasteiger partial charge in [-0.1, -0.05) is 31.4 Å². The number of nitrogens with zero attached hydrogens (tertiary/aromatic N) is 1. The van der Waals surface area contributed by atoms with Gasteiger partial charge in [0.1, 0.15) is 5.75 Å². The number of carbonyl (C=O) groups excluding carboxylic acids is 2. The third-order valence-electron chi connectivity index (χ3n) is 7.38. The monoisotopic (exact) mass is 464 g/mol. The van der Waals surface area contributed by atoms with E-state index in [4.69, 9.17) is 9.47 Å². The Morgan fingerprint density at radius 2 is 1.79 bits per heavy atom. The second-order valence-corrected chi connectivity index (χ2v) is 9.78. The summed E-state index contributed by atoms with van der Waals surface area (Å²) in [5.41, 5.74) is 2.51.